The lowest BCUT2D eigenvalue weighted by atomic mass is 10.1. The predicted octanol–water partition coefficient (Wildman–Crippen LogP) is 1.49. The number of hydrogen-bond acceptors (Lipinski definition) is 4. The first-order valence-electron chi connectivity index (χ1n) is 7.01. The molecule has 0 saturated carbocycles. The van der Waals surface area contributed by atoms with Crippen molar-refractivity contribution in [2.75, 3.05) is 12.0 Å². The van der Waals surface area contributed by atoms with E-state index in [9.17, 15) is 19.5 Å². The van der Waals surface area contributed by atoms with Crippen LogP contribution in [0.4, 0.5) is 0 Å². The monoisotopic (exact) mass is 336 g/mol. The number of aliphatic carboxylic acids is 1. The van der Waals surface area contributed by atoms with Gasteiger partial charge >= 0.3 is 5.97 Å². The first-order chi connectivity index (χ1) is 10.9. The molecule has 0 spiro atoms. The van der Waals surface area contributed by atoms with Crippen molar-refractivity contribution in [3.8, 4) is 0 Å². The van der Waals surface area contributed by atoms with E-state index in [0.717, 1.165) is 5.56 Å². The van der Waals surface area contributed by atoms with Crippen LogP contribution in [0.3, 0.4) is 0 Å². The first-order valence-corrected chi connectivity index (χ1v) is 8.40. The molecule has 2 amide bonds. The molecule has 0 bridgehead atoms. The number of hydrogen-bond donors (Lipinski definition) is 3. The van der Waals surface area contributed by atoms with E-state index < -0.39 is 23.8 Å². The zero-order valence-corrected chi connectivity index (χ0v) is 13.9. The van der Waals surface area contributed by atoms with Gasteiger partial charge in [0.05, 0.1) is 0 Å². The standard InChI is InChI=1S/C16H20N2O4S/c1-11(19)17-14(10-12-6-4-3-5-7-12)15(20)18-13(16(21)22)8-9-23-2/h3-7,10,13H,8-9H2,1-2H3,(H,17,19)(H,18,20)(H,21,22)/b14-10-. The van der Waals surface area contributed by atoms with Crippen molar-refractivity contribution in [2.24, 2.45) is 0 Å². The Morgan fingerprint density at radius 2 is 1.91 bits per heavy atom. The number of carbonyl (C=O) groups excluding carboxylic acids is 2. The number of thioether (sulfide) groups is 1. The summed E-state index contributed by atoms with van der Waals surface area (Å²) >= 11 is 1.50. The van der Waals surface area contributed by atoms with Crippen molar-refractivity contribution in [3.05, 3.63) is 41.6 Å². The van der Waals surface area contributed by atoms with Gasteiger partial charge in [0.25, 0.3) is 5.91 Å². The second kappa shape index (κ2) is 9.68. The molecule has 0 radical (unpaired) electrons. The molecule has 0 aromatic heterocycles. The zero-order valence-electron chi connectivity index (χ0n) is 13.0. The first kappa shape index (κ1) is 18.8. The Labute approximate surface area is 139 Å². The molecule has 0 saturated heterocycles. The van der Waals surface area contributed by atoms with Crippen LogP contribution < -0.4 is 10.6 Å². The fourth-order valence-electron chi connectivity index (χ4n) is 1.79. The van der Waals surface area contributed by atoms with E-state index in [0.29, 0.717) is 12.2 Å². The SMILES string of the molecule is CSCCC(NC(=O)/C(=C/c1ccccc1)NC(C)=O)C(=O)O. The summed E-state index contributed by atoms with van der Waals surface area (Å²) in [5.41, 5.74) is 0.737. The van der Waals surface area contributed by atoms with Crippen LogP contribution in [0.15, 0.2) is 36.0 Å². The summed E-state index contributed by atoms with van der Waals surface area (Å²) in [6, 6.07) is 7.98. The third kappa shape index (κ3) is 7.01. The second-order valence-electron chi connectivity index (χ2n) is 4.80. The molecule has 0 aliphatic rings. The molecule has 1 rings (SSSR count). The van der Waals surface area contributed by atoms with Crippen molar-refractivity contribution >= 4 is 35.6 Å². The summed E-state index contributed by atoms with van der Waals surface area (Å²) in [5.74, 6) is -1.53. The molecule has 3 N–H and O–H groups in total. The molecule has 0 aliphatic heterocycles. The number of carboxylic acid groups (broad SMARTS) is 1. The van der Waals surface area contributed by atoms with Gasteiger partial charge in [-0.3, -0.25) is 9.59 Å². The zero-order chi connectivity index (χ0) is 17.2. The van der Waals surface area contributed by atoms with Gasteiger partial charge < -0.3 is 15.7 Å². The Hall–Kier alpha value is -2.28. The molecule has 23 heavy (non-hydrogen) atoms. The summed E-state index contributed by atoms with van der Waals surface area (Å²) in [6.45, 7) is 1.29. The number of rotatable bonds is 8. The highest BCUT2D eigenvalue weighted by molar-refractivity contribution is 7.98. The average Bonchev–Trinajstić information content (AvgIpc) is 2.50. The number of benzene rings is 1. The highest BCUT2D eigenvalue weighted by atomic mass is 32.2. The fourth-order valence-corrected chi connectivity index (χ4v) is 2.26. The summed E-state index contributed by atoms with van der Waals surface area (Å²) in [6.07, 6.45) is 3.67. The molecule has 1 aromatic rings. The minimum atomic E-state index is -1.10. The quantitative estimate of drug-likeness (QED) is 0.625. The maximum atomic E-state index is 12.3. The number of nitrogens with one attached hydrogen (secondary N) is 2. The van der Waals surface area contributed by atoms with E-state index >= 15 is 0 Å². The van der Waals surface area contributed by atoms with Gasteiger partial charge in [-0.05, 0) is 30.1 Å². The third-order valence-electron chi connectivity index (χ3n) is 2.88. The second-order valence-corrected chi connectivity index (χ2v) is 5.78. The average molecular weight is 336 g/mol. The van der Waals surface area contributed by atoms with Crippen molar-refractivity contribution in [2.45, 2.75) is 19.4 Å². The molecule has 124 valence electrons. The van der Waals surface area contributed by atoms with E-state index in [1.165, 1.54) is 24.8 Å². The van der Waals surface area contributed by atoms with Crippen LogP contribution in [-0.2, 0) is 14.4 Å². The van der Waals surface area contributed by atoms with E-state index in [-0.39, 0.29) is 5.70 Å². The summed E-state index contributed by atoms with van der Waals surface area (Å²) in [7, 11) is 0. The Bertz CT molecular complexity index is 587. The van der Waals surface area contributed by atoms with Gasteiger partial charge in [-0.2, -0.15) is 11.8 Å². The lowest BCUT2D eigenvalue weighted by molar-refractivity contribution is -0.141. The molecule has 0 heterocycles. The van der Waals surface area contributed by atoms with Gasteiger partial charge in [-0.15, -0.1) is 0 Å². The number of amides is 2. The Balaban J connectivity index is 2.93. The lowest BCUT2D eigenvalue weighted by Crippen LogP contribution is -2.44. The fraction of sp³-hybridized carbons (Fsp3) is 0.312. The summed E-state index contributed by atoms with van der Waals surface area (Å²) in [5, 5.41) is 14.1. The summed E-state index contributed by atoms with van der Waals surface area (Å²) < 4.78 is 0. The van der Waals surface area contributed by atoms with Gasteiger partial charge in [0.15, 0.2) is 0 Å². The molecule has 1 atom stereocenters. The molecule has 1 unspecified atom stereocenters. The Kier molecular flexibility index (Phi) is 7.90. The van der Waals surface area contributed by atoms with Crippen LogP contribution in [0.5, 0.6) is 0 Å². The van der Waals surface area contributed by atoms with E-state index in [1.807, 2.05) is 12.3 Å². The Morgan fingerprint density at radius 3 is 2.43 bits per heavy atom. The van der Waals surface area contributed by atoms with E-state index in [2.05, 4.69) is 10.6 Å². The maximum absolute atomic E-state index is 12.3. The smallest absolute Gasteiger partial charge is 0.326 e. The molecular formula is C16H20N2O4S. The molecular weight excluding hydrogens is 316 g/mol. The molecule has 0 aliphatic carbocycles. The lowest BCUT2D eigenvalue weighted by Gasteiger charge is -2.15. The number of carbonyl (C=O) groups is 3. The van der Waals surface area contributed by atoms with Gasteiger partial charge in [0.1, 0.15) is 11.7 Å². The minimum absolute atomic E-state index is 0.0131. The van der Waals surface area contributed by atoms with Crippen LogP contribution in [0.25, 0.3) is 6.08 Å². The van der Waals surface area contributed by atoms with Crippen molar-refractivity contribution in [1.29, 1.82) is 0 Å². The molecule has 7 heteroatoms. The van der Waals surface area contributed by atoms with Crippen LogP contribution in [0, 0.1) is 0 Å². The van der Waals surface area contributed by atoms with Crippen LogP contribution in [0.2, 0.25) is 0 Å². The maximum Gasteiger partial charge on any atom is 0.326 e. The van der Waals surface area contributed by atoms with Gasteiger partial charge in [-0.1, -0.05) is 30.3 Å². The topological polar surface area (TPSA) is 95.5 Å². The summed E-state index contributed by atoms with van der Waals surface area (Å²) in [4.78, 5) is 34.8. The van der Waals surface area contributed by atoms with Crippen LogP contribution in [0.1, 0.15) is 18.9 Å². The van der Waals surface area contributed by atoms with E-state index in [1.54, 1.807) is 24.3 Å². The largest absolute Gasteiger partial charge is 0.480 e. The highest BCUT2D eigenvalue weighted by Gasteiger charge is 2.21. The van der Waals surface area contributed by atoms with Crippen molar-refractivity contribution < 1.29 is 19.5 Å². The van der Waals surface area contributed by atoms with Gasteiger partial charge in [0, 0.05) is 6.92 Å². The van der Waals surface area contributed by atoms with Crippen LogP contribution >= 0.6 is 11.8 Å². The minimum Gasteiger partial charge on any atom is -0.480 e. The van der Waals surface area contributed by atoms with Crippen molar-refractivity contribution in [1.82, 2.24) is 10.6 Å². The Morgan fingerprint density at radius 1 is 1.26 bits per heavy atom. The highest BCUT2D eigenvalue weighted by Crippen LogP contribution is 2.07. The van der Waals surface area contributed by atoms with Crippen LogP contribution in [-0.4, -0.2) is 40.9 Å². The molecule has 1 aromatic carbocycles. The normalized spacial score (nSPS) is 12.3. The predicted molar refractivity (Wildman–Crippen MR) is 90.8 cm³/mol. The molecule has 6 nitrogen and oxygen atoms in total. The van der Waals surface area contributed by atoms with Crippen molar-refractivity contribution in [3.63, 3.8) is 0 Å². The van der Waals surface area contributed by atoms with E-state index in [4.69, 9.17) is 0 Å². The third-order valence-corrected chi connectivity index (χ3v) is 3.52. The van der Waals surface area contributed by atoms with Gasteiger partial charge in [-0.25, -0.2) is 4.79 Å². The molecule has 0 fully saturated rings. The number of carboxylic acids is 1. The van der Waals surface area contributed by atoms with Gasteiger partial charge in [0.2, 0.25) is 5.91 Å².